The van der Waals surface area contributed by atoms with E-state index in [2.05, 4.69) is 10.0 Å². The monoisotopic (exact) mass is 432 g/mol. The summed E-state index contributed by atoms with van der Waals surface area (Å²) in [7, 11) is -2.09. The SMILES string of the molecule is COc1ccc(NC(=O)CCc2ccc(-c3ccccc3F)o2)cc1NS(C)(=O)=O. The average Bonchev–Trinajstić information content (AvgIpc) is 3.14. The van der Waals surface area contributed by atoms with Gasteiger partial charge in [-0.25, -0.2) is 12.8 Å². The van der Waals surface area contributed by atoms with Crippen LogP contribution in [0.5, 0.6) is 5.75 Å². The van der Waals surface area contributed by atoms with Crippen LogP contribution in [0.3, 0.4) is 0 Å². The third kappa shape index (κ3) is 5.60. The van der Waals surface area contributed by atoms with E-state index in [9.17, 15) is 17.6 Å². The largest absolute Gasteiger partial charge is 0.495 e. The highest BCUT2D eigenvalue weighted by Crippen LogP contribution is 2.29. The Hall–Kier alpha value is -3.33. The minimum Gasteiger partial charge on any atom is -0.495 e. The summed E-state index contributed by atoms with van der Waals surface area (Å²) in [6, 6.07) is 14.3. The number of amides is 1. The maximum Gasteiger partial charge on any atom is 0.229 e. The van der Waals surface area contributed by atoms with Gasteiger partial charge < -0.3 is 14.5 Å². The molecule has 3 aromatic rings. The van der Waals surface area contributed by atoms with Gasteiger partial charge in [-0.3, -0.25) is 9.52 Å². The first kappa shape index (κ1) is 21.4. The molecule has 7 nitrogen and oxygen atoms in total. The van der Waals surface area contributed by atoms with Gasteiger partial charge in [-0.15, -0.1) is 0 Å². The first-order valence-electron chi connectivity index (χ1n) is 9.04. The molecule has 0 spiro atoms. The van der Waals surface area contributed by atoms with Crippen molar-refractivity contribution in [1.82, 2.24) is 0 Å². The fourth-order valence-electron chi connectivity index (χ4n) is 2.84. The van der Waals surface area contributed by atoms with Crippen LogP contribution in [0, 0.1) is 5.82 Å². The van der Waals surface area contributed by atoms with Crippen molar-refractivity contribution in [2.24, 2.45) is 0 Å². The van der Waals surface area contributed by atoms with Crippen molar-refractivity contribution in [3.8, 4) is 17.1 Å². The third-order valence-electron chi connectivity index (χ3n) is 4.18. The zero-order valence-corrected chi connectivity index (χ0v) is 17.3. The van der Waals surface area contributed by atoms with Crippen LogP contribution >= 0.6 is 0 Å². The number of ether oxygens (including phenoxy) is 1. The number of hydrogen-bond acceptors (Lipinski definition) is 5. The predicted molar refractivity (Wildman–Crippen MR) is 113 cm³/mol. The molecule has 0 unspecified atom stereocenters. The summed E-state index contributed by atoms with van der Waals surface area (Å²) >= 11 is 0. The molecule has 158 valence electrons. The van der Waals surface area contributed by atoms with E-state index in [1.54, 1.807) is 42.5 Å². The number of anilines is 2. The molecule has 0 saturated carbocycles. The Balaban J connectivity index is 1.63. The summed E-state index contributed by atoms with van der Waals surface area (Å²) in [6.07, 6.45) is 1.48. The van der Waals surface area contributed by atoms with E-state index in [4.69, 9.17) is 9.15 Å². The Morgan fingerprint density at radius 3 is 2.60 bits per heavy atom. The lowest BCUT2D eigenvalue weighted by molar-refractivity contribution is -0.116. The van der Waals surface area contributed by atoms with Crippen LogP contribution in [0.15, 0.2) is 59.0 Å². The molecule has 2 N–H and O–H groups in total. The van der Waals surface area contributed by atoms with Gasteiger partial charge in [-0.1, -0.05) is 12.1 Å². The number of rotatable bonds is 8. The second kappa shape index (κ2) is 9.00. The molecule has 0 atom stereocenters. The normalized spacial score (nSPS) is 11.2. The summed E-state index contributed by atoms with van der Waals surface area (Å²) < 4.78 is 50.0. The Bertz CT molecular complexity index is 1160. The van der Waals surface area contributed by atoms with Gasteiger partial charge in [0.2, 0.25) is 15.9 Å². The first-order valence-corrected chi connectivity index (χ1v) is 10.9. The molecular formula is C21H21FN2O5S. The van der Waals surface area contributed by atoms with Crippen molar-refractivity contribution < 1.29 is 26.8 Å². The van der Waals surface area contributed by atoms with Crippen molar-refractivity contribution in [3.63, 3.8) is 0 Å². The van der Waals surface area contributed by atoms with Crippen molar-refractivity contribution in [1.29, 1.82) is 0 Å². The lowest BCUT2D eigenvalue weighted by Gasteiger charge is -2.12. The number of sulfonamides is 1. The number of carbonyl (C=O) groups is 1. The molecule has 1 amide bonds. The number of aryl methyl sites for hydroxylation is 1. The molecular weight excluding hydrogens is 411 g/mol. The highest BCUT2D eigenvalue weighted by atomic mass is 32.2. The molecule has 0 aliphatic heterocycles. The summed E-state index contributed by atoms with van der Waals surface area (Å²) in [4.78, 5) is 12.3. The topological polar surface area (TPSA) is 97.6 Å². The number of benzene rings is 2. The van der Waals surface area contributed by atoms with Crippen LogP contribution < -0.4 is 14.8 Å². The highest BCUT2D eigenvalue weighted by molar-refractivity contribution is 7.92. The van der Waals surface area contributed by atoms with Crippen LogP contribution in [0.2, 0.25) is 0 Å². The summed E-state index contributed by atoms with van der Waals surface area (Å²) in [5, 5.41) is 2.71. The molecule has 9 heteroatoms. The Morgan fingerprint density at radius 2 is 1.90 bits per heavy atom. The number of methoxy groups -OCH3 is 1. The van der Waals surface area contributed by atoms with Gasteiger partial charge in [0.15, 0.2) is 0 Å². The van der Waals surface area contributed by atoms with E-state index in [1.807, 2.05) is 0 Å². The number of carbonyl (C=O) groups excluding carboxylic acids is 1. The molecule has 0 aliphatic rings. The second-order valence-corrected chi connectivity index (χ2v) is 8.33. The fourth-order valence-corrected chi connectivity index (χ4v) is 3.40. The van der Waals surface area contributed by atoms with Crippen LogP contribution in [-0.2, 0) is 21.2 Å². The van der Waals surface area contributed by atoms with Gasteiger partial charge in [0.25, 0.3) is 0 Å². The van der Waals surface area contributed by atoms with Crippen LogP contribution in [0.4, 0.5) is 15.8 Å². The fraction of sp³-hybridized carbons (Fsp3) is 0.190. The van der Waals surface area contributed by atoms with E-state index < -0.39 is 10.0 Å². The van der Waals surface area contributed by atoms with E-state index in [1.165, 1.54) is 19.2 Å². The zero-order chi connectivity index (χ0) is 21.7. The van der Waals surface area contributed by atoms with E-state index >= 15 is 0 Å². The molecule has 2 aromatic carbocycles. The highest BCUT2D eigenvalue weighted by Gasteiger charge is 2.13. The van der Waals surface area contributed by atoms with Crippen LogP contribution in [-0.4, -0.2) is 27.7 Å². The Labute approximate surface area is 173 Å². The van der Waals surface area contributed by atoms with Crippen molar-refractivity contribution in [3.05, 3.63) is 66.2 Å². The maximum absolute atomic E-state index is 13.9. The minimum absolute atomic E-state index is 0.130. The van der Waals surface area contributed by atoms with Gasteiger partial charge >= 0.3 is 0 Å². The minimum atomic E-state index is -3.51. The zero-order valence-electron chi connectivity index (χ0n) is 16.4. The maximum atomic E-state index is 13.9. The molecule has 0 saturated heterocycles. The average molecular weight is 432 g/mol. The van der Waals surface area contributed by atoms with Gasteiger partial charge in [-0.05, 0) is 42.5 Å². The standard InChI is InChI=1S/C21H21FN2O5S/c1-28-20-10-7-14(13-18(20)24-30(2,26)27)23-21(25)12-9-15-8-11-19(29-15)16-5-3-4-6-17(16)22/h3-8,10-11,13,24H,9,12H2,1-2H3,(H,23,25). The predicted octanol–water partition coefficient (Wildman–Crippen LogP) is 4.04. The molecule has 0 fully saturated rings. The lowest BCUT2D eigenvalue weighted by Crippen LogP contribution is -2.14. The van der Waals surface area contributed by atoms with Gasteiger partial charge in [-0.2, -0.15) is 0 Å². The van der Waals surface area contributed by atoms with Crippen LogP contribution in [0.1, 0.15) is 12.2 Å². The number of furan rings is 1. The smallest absolute Gasteiger partial charge is 0.229 e. The Morgan fingerprint density at radius 1 is 1.13 bits per heavy atom. The summed E-state index contributed by atoms with van der Waals surface area (Å²) in [5.41, 5.74) is 0.995. The van der Waals surface area contributed by atoms with Crippen LogP contribution in [0.25, 0.3) is 11.3 Å². The van der Waals surface area contributed by atoms with Gasteiger partial charge in [0.1, 0.15) is 23.1 Å². The lowest BCUT2D eigenvalue weighted by atomic mass is 10.1. The summed E-state index contributed by atoms with van der Waals surface area (Å²) in [6.45, 7) is 0. The number of nitrogens with one attached hydrogen (secondary N) is 2. The molecule has 3 rings (SSSR count). The van der Waals surface area contributed by atoms with E-state index in [0.717, 1.165) is 6.26 Å². The second-order valence-electron chi connectivity index (χ2n) is 6.58. The van der Waals surface area contributed by atoms with Crippen molar-refractivity contribution in [2.75, 3.05) is 23.4 Å². The third-order valence-corrected chi connectivity index (χ3v) is 4.77. The Kier molecular flexibility index (Phi) is 6.41. The van der Waals surface area contributed by atoms with Crippen molar-refractivity contribution in [2.45, 2.75) is 12.8 Å². The summed E-state index contributed by atoms with van der Waals surface area (Å²) in [5.74, 6) is 0.617. The van der Waals surface area contributed by atoms with Gasteiger partial charge in [0, 0.05) is 18.5 Å². The van der Waals surface area contributed by atoms with E-state index in [0.29, 0.717) is 34.9 Å². The first-order chi connectivity index (χ1) is 14.2. The molecule has 1 aromatic heterocycles. The quantitative estimate of drug-likeness (QED) is 0.560. The molecule has 0 aliphatic carbocycles. The van der Waals surface area contributed by atoms with Crippen molar-refractivity contribution >= 4 is 27.3 Å². The number of hydrogen-bond donors (Lipinski definition) is 2. The van der Waals surface area contributed by atoms with E-state index in [-0.39, 0.29) is 23.8 Å². The molecule has 0 bridgehead atoms. The molecule has 30 heavy (non-hydrogen) atoms. The molecule has 1 heterocycles. The number of halogens is 1. The molecule has 0 radical (unpaired) electrons. The van der Waals surface area contributed by atoms with Gasteiger partial charge in [0.05, 0.1) is 24.6 Å².